The highest BCUT2D eigenvalue weighted by Crippen LogP contribution is 2.21. The summed E-state index contributed by atoms with van der Waals surface area (Å²) in [5.41, 5.74) is 1.18. The molecular weight excluding hydrogens is 378 g/mol. The summed E-state index contributed by atoms with van der Waals surface area (Å²) in [5.74, 6) is -0.815. The number of carbonyl (C=O) groups excluding carboxylic acids is 2. The first kappa shape index (κ1) is 19.5. The number of rotatable bonds is 6. The van der Waals surface area contributed by atoms with E-state index < -0.39 is 11.9 Å². The lowest BCUT2D eigenvalue weighted by molar-refractivity contribution is -0.117. The molecule has 0 radical (unpaired) electrons. The summed E-state index contributed by atoms with van der Waals surface area (Å²) in [7, 11) is 0. The summed E-state index contributed by atoms with van der Waals surface area (Å²) in [6.45, 7) is 3.33. The van der Waals surface area contributed by atoms with Crippen molar-refractivity contribution in [3.8, 4) is 10.6 Å². The van der Waals surface area contributed by atoms with Crippen molar-refractivity contribution < 1.29 is 14.3 Å². The number of hydrogen-bond acceptors (Lipinski definition) is 6. The number of anilines is 1. The van der Waals surface area contributed by atoms with E-state index in [4.69, 9.17) is 4.74 Å². The van der Waals surface area contributed by atoms with Crippen molar-refractivity contribution in [2.24, 2.45) is 0 Å². The van der Waals surface area contributed by atoms with Crippen LogP contribution in [0.25, 0.3) is 10.6 Å². The maximum Gasteiger partial charge on any atom is 0.338 e. The van der Waals surface area contributed by atoms with E-state index in [0.29, 0.717) is 16.9 Å². The molecule has 0 atom stereocenters. The molecule has 1 aromatic carbocycles. The number of nitrogens with zero attached hydrogens (tertiary/aromatic N) is 2. The van der Waals surface area contributed by atoms with Gasteiger partial charge in [0.25, 0.3) is 5.56 Å². The van der Waals surface area contributed by atoms with Crippen LogP contribution in [0.15, 0.2) is 58.7 Å². The Bertz CT molecular complexity index is 1020. The maximum absolute atomic E-state index is 12.3. The molecule has 3 rings (SSSR count). The second-order valence-corrected chi connectivity index (χ2v) is 7.22. The van der Waals surface area contributed by atoms with Crippen molar-refractivity contribution in [2.45, 2.75) is 26.5 Å². The topological polar surface area (TPSA) is 90.3 Å². The number of benzene rings is 1. The first-order valence-electron chi connectivity index (χ1n) is 8.65. The highest BCUT2D eigenvalue weighted by molar-refractivity contribution is 7.13. The van der Waals surface area contributed by atoms with Gasteiger partial charge < -0.3 is 10.1 Å². The van der Waals surface area contributed by atoms with E-state index in [1.807, 2.05) is 17.5 Å². The molecule has 0 spiro atoms. The summed E-state index contributed by atoms with van der Waals surface area (Å²) < 4.78 is 6.24. The van der Waals surface area contributed by atoms with Gasteiger partial charge >= 0.3 is 5.97 Å². The van der Waals surface area contributed by atoms with Crippen LogP contribution < -0.4 is 10.9 Å². The van der Waals surface area contributed by atoms with Crippen LogP contribution in [0, 0.1) is 0 Å². The minimum absolute atomic E-state index is 0.206. The van der Waals surface area contributed by atoms with Gasteiger partial charge in [0, 0.05) is 11.8 Å². The van der Waals surface area contributed by atoms with Gasteiger partial charge in [-0.2, -0.15) is 5.10 Å². The SMILES string of the molecule is CC(C)OC(=O)c1ccc(NC(=O)Cn2nc(-c3cccs3)ccc2=O)cc1. The van der Waals surface area contributed by atoms with Crippen LogP contribution in [0.1, 0.15) is 24.2 Å². The fourth-order valence-electron chi connectivity index (χ4n) is 2.43. The third-order valence-corrected chi connectivity index (χ3v) is 4.57. The van der Waals surface area contributed by atoms with Gasteiger partial charge in [0.05, 0.1) is 16.5 Å². The van der Waals surface area contributed by atoms with E-state index in [9.17, 15) is 14.4 Å². The molecule has 1 amide bonds. The van der Waals surface area contributed by atoms with E-state index >= 15 is 0 Å². The monoisotopic (exact) mass is 397 g/mol. The summed E-state index contributed by atoms with van der Waals surface area (Å²) >= 11 is 1.50. The zero-order valence-electron chi connectivity index (χ0n) is 15.4. The average Bonchev–Trinajstić information content (AvgIpc) is 3.18. The van der Waals surface area contributed by atoms with Gasteiger partial charge in [0.15, 0.2) is 0 Å². The number of carbonyl (C=O) groups is 2. The normalized spacial score (nSPS) is 10.7. The standard InChI is InChI=1S/C20H19N3O4S/c1-13(2)27-20(26)14-5-7-15(8-6-14)21-18(24)12-23-19(25)10-9-16(22-23)17-4-3-11-28-17/h3-11,13H,12H2,1-2H3,(H,21,24). The minimum Gasteiger partial charge on any atom is -0.459 e. The molecule has 2 heterocycles. The van der Waals surface area contributed by atoms with Crippen LogP contribution in [-0.4, -0.2) is 27.8 Å². The van der Waals surface area contributed by atoms with Gasteiger partial charge in [-0.25, -0.2) is 9.48 Å². The molecule has 28 heavy (non-hydrogen) atoms. The van der Waals surface area contributed by atoms with Crippen LogP contribution in [-0.2, 0) is 16.1 Å². The average molecular weight is 397 g/mol. The number of nitrogens with one attached hydrogen (secondary N) is 1. The Morgan fingerprint density at radius 3 is 2.54 bits per heavy atom. The highest BCUT2D eigenvalue weighted by Gasteiger charge is 2.11. The number of hydrogen-bond donors (Lipinski definition) is 1. The van der Waals surface area contributed by atoms with E-state index in [0.717, 1.165) is 9.56 Å². The molecule has 0 saturated heterocycles. The van der Waals surface area contributed by atoms with Gasteiger partial charge in [0.2, 0.25) is 5.91 Å². The van der Waals surface area contributed by atoms with Crippen LogP contribution in [0.3, 0.4) is 0 Å². The second-order valence-electron chi connectivity index (χ2n) is 6.27. The molecule has 0 aliphatic rings. The fraction of sp³-hybridized carbons (Fsp3) is 0.200. The first-order chi connectivity index (χ1) is 13.4. The molecular formula is C20H19N3O4S. The Labute approximate surface area is 165 Å². The van der Waals surface area contributed by atoms with E-state index in [-0.39, 0.29) is 18.2 Å². The van der Waals surface area contributed by atoms with Crippen LogP contribution in [0.5, 0.6) is 0 Å². The molecule has 1 N–H and O–H groups in total. The number of amides is 1. The lowest BCUT2D eigenvalue weighted by atomic mass is 10.2. The van der Waals surface area contributed by atoms with Gasteiger partial charge in [0.1, 0.15) is 12.2 Å². The Morgan fingerprint density at radius 2 is 1.89 bits per heavy atom. The van der Waals surface area contributed by atoms with Crippen molar-refractivity contribution in [3.05, 3.63) is 69.8 Å². The summed E-state index contributed by atoms with van der Waals surface area (Å²) in [5, 5.41) is 8.86. The lowest BCUT2D eigenvalue weighted by Crippen LogP contribution is -2.29. The highest BCUT2D eigenvalue weighted by atomic mass is 32.1. The van der Waals surface area contributed by atoms with Crippen molar-refractivity contribution in [3.63, 3.8) is 0 Å². The Kier molecular flexibility index (Phi) is 6.00. The molecule has 0 aliphatic heterocycles. The molecule has 0 fully saturated rings. The lowest BCUT2D eigenvalue weighted by Gasteiger charge is -2.10. The van der Waals surface area contributed by atoms with Crippen molar-refractivity contribution in [1.82, 2.24) is 9.78 Å². The summed E-state index contributed by atoms with van der Waals surface area (Å²) in [6, 6.07) is 13.2. The molecule has 0 unspecified atom stereocenters. The Balaban J connectivity index is 1.67. The van der Waals surface area contributed by atoms with Crippen LogP contribution >= 0.6 is 11.3 Å². The molecule has 8 heteroatoms. The van der Waals surface area contributed by atoms with E-state index in [2.05, 4.69) is 10.4 Å². The molecule has 3 aromatic rings. The van der Waals surface area contributed by atoms with Crippen molar-refractivity contribution in [2.75, 3.05) is 5.32 Å². The molecule has 144 valence electrons. The quantitative estimate of drug-likeness (QED) is 0.645. The first-order valence-corrected chi connectivity index (χ1v) is 9.53. The molecule has 0 bridgehead atoms. The summed E-state index contributed by atoms with van der Waals surface area (Å²) in [6.07, 6.45) is -0.206. The van der Waals surface area contributed by atoms with E-state index in [1.165, 1.54) is 17.4 Å². The third-order valence-electron chi connectivity index (χ3n) is 3.68. The van der Waals surface area contributed by atoms with Gasteiger partial charge in [-0.05, 0) is 55.6 Å². The number of aromatic nitrogens is 2. The number of thiophene rings is 1. The van der Waals surface area contributed by atoms with Gasteiger partial charge in [-0.3, -0.25) is 9.59 Å². The number of esters is 1. The zero-order chi connectivity index (χ0) is 20.1. The predicted molar refractivity (Wildman–Crippen MR) is 107 cm³/mol. The van der Waals surface area contributed by atoms with Gasteiger partial charge in [-0.15, -0.1) is 11.3 Å². The number of ether oxygens (including phenoxy) is 1. The van der Waals surface area contributed by atoms with E-state index in [1.54, 1.807) is 44.2 Å². The fourth-order valence-corrected chi connectivity index (χ4v) is 3.12. The minimum atomic E-state index is -0.422. The summed E-state index contributed by atoms with van der Waals surface area (Å²) in [4.78, 5) is 37.1. The second kappa shape index (κ2) is 8.62. The van der Waals surface area contributed by atoms with Gasteiger partial charge in [-0.1, -0.05) is 6.07 Å². The molecule has 2 aromatic heterocycles. The molecule has 0 saturated carbocycles. The smallest absolute Gasteiger partial charge is 0.338 e. The predicted octanol–water partition coefficient (Wildman–Crippen LogP) is 3.18. The Morgan fingerprint density at radius 1 is 1.14 bits per heavy atom. The van der Waals surface area contributed by atoms with Crippen LogP contribution in [0.4, 0.5) is 5.69 Å². The zero-order valence-corrected chi connectivity index (χ0v) is 16.2. The molecule has 0 aliphatic carbocycles. The molecule has 7 nitrogen and oxygen atoms in total. The van der Waals surface area contributed by atoms with Crippen LogP contribution in [0.2, 0.25) is 0 Å². The largest absolute Gasteiger partial charge is 0.459 e. The Hall–Kier alpha value is -3.26. The third kappa shape index (κ3) is 4.92. The van der Waals surface area contributed by atoms with Crippen molar-refractivity contribution >= 4 is 28.9 Å². The maximum atomic E-state index is 12.3. The van der Waals surface area contributed by atoms with Crippen molar-refractivity contribution in [1.29, 1.82) is 0 Å².